The van der Waals surface area contributed by atoms with Gasteiger partial charge in [-0.3, -0.25) is 14.9 Å². The number of carbonyl (C=O) groups excluding carboxylic acids is 2. The van der Waals surface area contributed by atoms with Gasteiger partial charge in [0.2, 0.25) is 11.7 Å². The summed E-state index contributed by atoms with van der Waals surface area (Å²) in [5, 5.41) is 74.7. The lowest BCUT2D eigenvalue weighted by Crippen LogP contribution is -2.69. The van der Waals surface area contributed by atoms with Crippen LogP contribution in [0.25, 0.3) is 0 Å². The summed E-state index contributed by atoms with van der Waals surface area (Å²) >= 11 is 0. The number of ketones is 1. The predicted octanol–water partition coefficient (Wildman–Crippen LogP) is 0.373. The number of aliphatic hydroxyl groups excluding tert-OH is 2. The first-order chi connectivity index (χ1) is 25.0. The van der Waals surface area contributed by atoms with Gasteiger partial charge < -0.3 is 49.7 Å². The Morgan fingerprint density at radius 1 is 1.02 bits per heavy atom. The van der Waals surface area contributed by atoms with Crippen LogP contribution in [0, 0.1) is 51.8 Å². The molecular weight excluding hydrogens is 684 g/mol. The van der Waals surface area contributed by atoms with E-state index in [2.05, 4.69) is 24.1 Å². The van der Waals surface area contributed by atoms with Gasteiger partial charge in [0.15, 0.2) is 5.78 Å². The molecule has 7 N–H and O–H groups in total. The molecule has 53 heavy (non-hydrogen) atoms. The molecule has 9 rings (SSSR count). The molecule has 3 saturated carbocycles. The molecule has 6 fully saturated rings. The zero-order valence-corrected chi connectivity index (χ0v) is 31.4. The van der Waals surface area contributed by atoms with Gasteiger partial charge in [-0.05, 0) is 87.7 Å². The maximum Gasteiger partial charge on any atom is 0.240 e. The number of fused-ring (bicyclic) bond motifs is 4. The van der Waals surface area contributed by atoms with Gasteiger partial charge in [-0.1, -0.05) is 19.8 Å². The van der Waals surface area contributed by atoms with Gasteiger partial charge in [0, 0.05) is 63.1 Å². The Balaban J connectivity index is 1.22. The van der Waals surface area contributed by atoms with Crippen molar-refractivity contribution in [2.45, 2.75) is 139 Å². The van der Waals surface area contributed by atoms with Crippen LogP contribution < -0.4 is 5.32 Å². The molecule has 0 radical (unpaired) electrons. The topological polar surface area (TPSA) is 198 Å². The molecule has 294 valence electrons. The molecule has 13 heteroatoms. The Labute approximate surface area is 311 Å². The number of ether oxygens (including phenoxy) is 3. The molecule has 15 atom stereocenters. The van der Waals surface area contributed by atoms with E-state index in [0.717, 1.165) is 12.8 Å². The first kappa shape index (κ1) is 37.9. The Morgan fingerprint density at radius 2 is 1.79 bits per heavy atom. The fraction of sp³-hybridized carbons (Fsp3) is 0.850. The average molecular weight is 743 g/mol. The maximum absolute atomic E-state index is 14.4. The van der Waals surface area contributed by atoms with Crippen LogP contribution >= 0.6 is 0 Å². The minimum atomic E-state index is -2.93. The van der Waals surface area contributed by atoms with Gasteiger partial charge in [0.25, 0.3) is 0 Å². The zero-order chi connectivity index (χ0) is 37.9. The van der Waals surface area contributed by atoms with Crippen molar-refractivity contribution in [3.8, 4) is 11.8 Å². The molecule has 7 bridgehead atoms. The van der Waals surface area contributed by atoms with Crippen molar-refractivity contribution < 1.29 is 54.4 Å². The van der Waals surface area contributed by atoms with E-state index in [4.69, 9.17) is 14.2 Å². The van der Waals surface area contributed by atoms with E-state index in [9.17, 15) is 40.2 Å². The lowest BCUT2D eigenvalue weighted by Gasteiger charge is -2.64. The van der Waals surface area contributed by atoms with Crippen molar-refractivity contribution in [2.75, 3.05) is 33.5 Å². The van der Waals surface area contributed by atoms with Crippen LogP contribution in [0.15, 0.2) is 11.6 Å². The molecule has 5 heterocycles. The maximum atomic E-state index is 14.4. The van der Waals surface area contributed by atoms with Crippen LogP contribution in [0.5, 0.6) is 0 Å². The number of carbonyl (C=O) groups is 2. The van der Waals surface area contributed by atoms with Crippen LogP contribution in [-0.2, 0) is 23.8 Å². The molecule has 1 spiro atoms. The first-order valence-electron chi connectivity index (χ1n) is 19.8. The quantitative estimate of drug-likeness (QED) is 0.0857. The van der Waals surface area contributed by atoms with Gasteiger partial charge >= 0.3 is 0 Å². The number of nitrogens with zero attached hydrogens (tertiary/aromatic N) is 1. The van der Waals surface area contributed by atoms with E-state index in [-0.39, 0.29) is 49.0 Å². The summed E-state index contributed by atoms with van der Waals surface area (Å²) in [5.41, 5.74) is -5.96. The SMILES string of the molecule is COCCCOC1CCC2(C)C(C1)C(=O)C=C1C3(O)CCC4C(C)(O)C(O)(O)C5OC6C(O)NC(CC6C5CO)C(=O)N5CC5CC#CC12CCC43C. The average Bonchev–Trinajstić information content (AvgIpc) is 3.68. The third-order valence-corrected chi connectivity index (χ3v) is 16.0. The Morgan fingerprint density at radius 3 is 2.53 bits per heavy atom. The molecule has 0 aromatic heterocycles. The highest BCUT2D eigenvalue weighted by Crippen LogP contribution is 2.73. The first-order valence-corrected chi connectivity index (χ1v) is 19.8. The van der Waals surface area contributed by atoms with Crippen molar-refractivity contribution in [2.24, 2.45) is 39.9 Å². The molecular formula is C40H58N2O11. The zero-order valence-electron chi connectivity index (χ0n) is 31.4. The minimum absolute atomic E-state index is 0.0736. The van der Waals surface area contributed by atoms with Crippen LogP contribution in [-0.4, -0.2) is 134 Å². The molecule has 0 aromatic carbocycles. The van der Waals surface area contributed by atoms with Gasteiger partial charge in [0.05, 0.1) is 29.2 Å². The number of piperidine rings is 1. The smallest absolute Gasteiger partial charge is 0.240 e. The third kappa shape index (κ3) is 5.20. The Kier molecular flexibility index (Phi) is 9.15. The second-order valence-electron chi connectivity index (χ2n) is 18.3. The number of aliphatic hydroxyl groups is 6. The van der Waals surface area contributed by atoms with E-state index >= 15 is 0 Å². The molecule has 15 unspecified atom stereocenters. The van der Waals surface area contributed by atoms with Crippen molar-refractivity contribution in [3.63, 3.8) is 0 Å². The normalized spacial score (nSPS) is 51.1. The van der Waals surface area contributed by atoms with E-state index < -0.39 is 82.1 Å². The third-order valence-electron chi connectivity index (χ3n) is 16.0. The van der Waals surface area contributed by atoms with Gasteiger partial charge in [-0.25, -0.2) is 0 Å². The summed E-state index contributed by atoms with van der Waals surface area (Å²) in [6.07, 6.45) is 2.29. The number of methoxy groups -OCH3 is 1. The van der Waals surface area contributed by atoms with E-state index in [1.165, 1.54) is 6.92 Å². The highest BCUT2D eigenvalue weighted by Gasteiger charge is 2.75. The van der Waals surface area contributed by atoms with Crippen LogP contribution in [0.3, 0.4) is 0 Å². The lowest BCUT2D eigenvalue weighted by molar-refractivity contribution is -0.345. The minimum Gasteiger partial charge on any atom is -0.396 e. The molecule has 3 saturated heterocycles. The second kappa shape index (κ2) is 12.8. The molecule has 13 nitrogen and oxygen atoms in total. The summed E-state index contributed by atoms with van der Waals surface area (Å²) in [5.74, 6) is 1.15. The molecule has 1 amide bonds. The molecule has 9 aliphatic rings. The number of amides is 1. The fourth-order valence-corrected chi connectivity index (χ4v) is 12.7. The van der Waals surface area contributed by atoms with Gasteiger partial charge in [-0.15, -0.1) is 5.92 Å². The van der Waals surface area contributed by atoms with Crippen molar-refractivity contribution in [3.05, 3.63) is 11.6 Å². The van der Waals surface area contributed by atoms with Crippen LogP contribution in [0.1, 0.15) is 85.0 Å². The monoisotopic (exact) mass is 742 g/mol. The number of nitrogens with one attached hydrogen (secondary N) is 1. The summed E-state index contributed by atoms with van der Waals surface area (Å²) in [7, 11) is 1.66. The lowest BCUT2D eigenvalue weighted by atomic mass is 9.39. The van der Waals surface area contributed by atoms with Gasteiger partial charge in [-0.2, -0.15) is 0 Å². The van der Waals surface area contributed by atoms with Crippen molar-refractivity contribution in [1.29, 1.82) is 0 Å². The predicted molar refractivity (Wildman–Crippen MR) is 188 cm³/mol. The molecule has 0 aromatic rings. The molecule has 4 aliphatic carbocycles. The Hall–Kier alpha value is -1.96. The standard InChI is InChI=1S/C40H58N2O11/c1-35-11-8-23(52-16-6-15-51-4)17-26(35)28(44)19-30-38(35)10-5-7-22-20-42(22)34(46)27-18-24-25(21-43)32(53-31(24)33(45)41-27)40(49,50)37(3,47)29-9-12-39(30,48)36(29,2)13-14-38/h19,22-27,29,31-33,41,43,45,47-50H,6-9,11-18,20-21H2,1-4H3. The van der Waals surface area contributed by atoms with E-state index in [0.29, 0.717) is 57.4 Å². The Bertz CT molecular complexity index is 1610. The summed E-state index contributed by atoms with van der Waals surface area (Å²) < 4.78 is 17.6. The summed E-state index contributed by atoms with van der Waals surface area (Å²) in [6, 6.07) is -0.915. The van der Waals surface area contributed by atoms with Crippen molar-refractivity contribution >= 4 is 11.7 Å². The van der Waals surface area contributed by atoms with Crippen LogP contribution in [0.2, 0.25) is 0 Å². The fourth-order valence-electron chi connectivity index (χ4n) is 12.7. The van der Waals surface area contributed by atoms with Crippen LogP contribution in [0.4, 0.5) is 0 Å². The summed E-state index contributed by atoms with van der Waals surface area (Å²) in [6.45, 7) is 6.46. The van der Waals surface area contributed by atoms with E-state index in [1.807, 2.05) is 6.92 Å². The van der Waals surface area contributed by atoms with Crippen molar-refractivity contribution in [1.82, 2.24) is 10.2 Å². The molecule has 5 aliphatic heterocycles. The number of hydrogen-bond donors (Lipinski definition) is 7. The highest BCUT2D eigenvalue weighted by molar-refractivity contribution is 5.95. The highest BCUT2D eigenvalue weighted by atomic mass is 16.6. The van der Waals surface area contributed by atoms with Gasteiger partial charge in [0.1, 0.15) is 24.0 Å². The number of allylic oxidation sites excluding steroid dienone is 1. The van der Waals surface area contributed by atoms with E-state index in [1.54, 1.807) is 18.1 Å². The largest absolute Gasteiger partial charge is 0.396 e. The summed E-state index contributed by atoms with van der Waals surface area (Å²) in [4.78, 5) is 29.9. The number of rotatable bonds is 6. The number of hydrogen-bond acceptors (Lipinski definition) is 12. The second-order valence-corrected chi connectivity index (χ2v) is 18.3.